The van der Waals surface area contributed by atoms with Crippen molar-refractivity contribution in [3.63, 3.8) is 0 Å². The Morgan fingerprint density at radius 3 is 2.36 bits per heavy atom. The fraction of sp³-hybridized carbons (Fsp3) is 0.364. The van der Waals surface area contributed by atoms with Gasteiger partial charge in [0, 0.05) is 6.54 Å². The Balaban J connectivity index is 1.91. The zero-order valence-electron chi connectivity index (χ0n) is 16.6. The molecule has 0 saturated carbocycles. The van der Waals surface area contributed by atoms with Gasteiger partial charge in [-0.25, -0.2) is 9.18 Å². The van der Waals surface area contributed by atoms with Crippen LogP contribution < -0.4 is 16.0 Å². The second-order valence-electron chi connectivity index (χ2n) is 6.88. The molecule has 0 unspecified atom stereocenters. The van der Waals surface area contributed by atoms with E-state index in [0.717, 1.165) is 23.1 Å². The van der Waals surface area contributed by atoms with E-state index in [1.807, 2.05) is 45.0 Å². The Morgan fingerprint density at radius 1 is 1.04 bits per heavy atom. The van der Waals surface area contributed by atoms with Gasteiger partial charge in [0.05, 0.1) is 6.04 Å². The van der Waals surface area contributed by atoms with E-state index in [1.165, 1.54) is 12.1 Å². The molecule has 5 nitrogen and oxygen atoms in total. The Kier molecular flexibility index (Phi) is 7.99. The molecule has 0 aliphatic carbocycles. The molecule has 6 heteroatoms. The van der Waals surface area contributed by atoms with Gasteiger partial charge in [-0.3, -0.25) is 4.79 Å². The highest BCUT2D eigenvalue weighted by atomic mass is 19.1. The molecule has 0 radical (unpaired) electrons. The van der Waals surface area contributed by atoms with E-state index < -0.39 is 12.1 Å². The number of amides is 3. The van der Waals surface area contributed by atoms with Crippen LogP contribution in [0.3, 0.4) is 0 Å². The second kappa shape index (κ2) is 10.4. The number of rotatable bonds is 8. The second-order valence-corrected chi connectivity index (χ2v) is 6.88. The molecule has 0 fully saturated rings. The van der Waals surface area contributed by atoms with Crippen molar-refractivity contribution < 1.29 is 14.0 Å². The molecule has 2 aromatic carbocycles. The summed E-state index contributed by atoms with van der Waals surface area (Å²) in [6.07, 6.45) is 1.30. The normalized spacial score (nSPS) is 12.7. The van der Waals surface area contributed by atoms with E-state index in [2.05, 4.69) is 16.0 Å². The van der Waals surface area contributed by atoms with Crippen molar-refractivity contribution >= 4 is 11.9 Å². The molecule has 0 heterocycles. The van der Waals surface area contributed by atoms with Crippen LogP contribution in [0.25, 0.3) is 0 Å². The molecule has 0 aromatic heterocycles. The van der Waals surface area contributed by atoms with Crippen molar-refractivity contribution in [2.45, 2.75) is 52.2 Å². The number of carbonyl (C=O) groups is 2. The first-order valence-electron chi connectivity index (χ1n) is 9.55. The van der Waals surface area contributed by atoms with Crippen molar-refractivity contribution in [2.75, 3.05) is 0 Å². The van der Waals surface area contributed by atoms with Crippen molar-refractivity contribution in [1.29, 1.82) is 0 Å². The topological polar surface area (TPSA) is 70.2 Å². The number of urea groups is 1. The summed E-state index contributed by atoms with van der Waals surface area (Å²) in [6, 6.07) is 12.6. The molecule has 150 valence electrons. The predicted molar refractivity (Wildman–Crippen MR) is 108 cm³/mol. The molecule has 0 bridgehead atoms. The summed E-state index contributed by atoms with van der Waals surface area (Å²) in [7, 11) is 0. The smallest absolute Gasteiger partial charge is 0.315 e. The summed E-state index contributed by atoms with van der Waals surface area (Å²) in [5, 5.41) is 8.42. The first-order chi connectivity index (χ1) is 13.4. The lowest BCUT2D eigenvalue weighted by atomic mass is 10.0. The van der Waals surface area contributed by atoms with E-state index in [4.69, 9.17) is 0 Å². The quantitative estimate of drug-likeness (QED) is 0.643. The summed E-state index contributed by atoms with van der Waals surface area (Å²) in [5.74, 6) is -0.537. The van der Waals surface area contributed by atoms with Crippen LogP contribution in [0, 0.1) is 12.7 Å². The number of nitrogens with one attached hydrogen (secondary N) is 3. The van der Waals surface area contributed by atoms with Crippen LogP contribution >= 0.6 is 0 Å². The van der Waals surface area contributed by atoms with Crippen LogP contribution in [0.2, 0.25) is 0 Å². The number of halogens is 1. The third-order valence-corrected chi connectivity index (χ3v) is 4.58. The summed E-state index contributed by atoms with van der Waals surface area (Å²) in [5.41, 5.74) is 2.93. The third-order valence-electron chi connectivity index (χ3n) is 4.58. The molecule has 3 amide bonds. The minimum Gasteiger partial charge on any atom is -0.348 e. The first kappa shape index (κ1) is 21.4. The molecule has 3 N–H and O–H groups in total. The van der Waals surface area contributed by atoms with Gasteiger partial charge < -0.3 is 16.0 Å². The number of hydrogen-bond acceptors (Lipinski definition) is 2. The minimum atomic E-state index is -0.621. The highest BCUT2D eigenvalue weighted by molar-refractivity contribution is 5.87. The molecular weight excluding hydrogens is 357 g/mol. The molecule has 0 aliphatic rings. The zero-order valence-corrected chi connectivity index (χ0v) is 16.6. The number of hydrogen-bond donors (Lipinski definition) is 3. The van der Waals surface area contributed by atoms with Crippen molar-refractivity contribution in [1.82, 2.24) is 16.0 Å². The molecule has 0 aliphatic heterocycles. The van der Waals surface area contributed by atoms with Crippen LogP contribution in [0.4, 0.5) is 9.18 Å². The van der Waals surface area contributed by atoms with Crippen molar-refractivity contribution in [3.8, 4) is 0 Å². The summed E-state index contributed by atoms with van der Waals surface area (Å²) < 4.78 is 12.9. The predicted octanol–water partition coefficient (Wildman–Crippen LogP) is 3.98. The molecule has 2 rings (SSSR count). The molecule has 0 spiro atoms. The maximum atomic E-state index is 12.9. The molecule has 28 heavy (non-hydrogen) atoms. The summed E-state index contributed by atoms with van der Waals surface area (Å²) >= 11 is 0. The Morgan fingerprint density at radius 2 is 1.71 bits per heavy atom. The van der Waals surface area contributed by atoms with Crippen LogP contribution in [-0.2, 0) is 11.3 Å². The fourth-order valence-corrected chi connectivity index (χ4v) is 3.02. The zero-order chi connectivity index (χ0) is 20.5. The van der Waals surface area contributed by atoms with Gasteiger partial charge in [0.2, 0.25) is 5.91 Å². The molecule has 2 atom stereocenters. The van der Waals surface area contributed by atoms with Gasteiger partial charge >= 0.3 is 6.03 Å². The SMILES string of the molecule is CCC[C@H](NC(=O)NCc1ccc(F)cc1)C(=O)N[C@@H](C)c1ccccc1C. The lowest BCUT2D eigenvalue weighted by molar-refractivity contribution is -0.123. The Hall–Kier alpha value is -2.89. The highest BCUT2D eigenvalue weighted by Crippen LogP contribution is 2.17. The summed E-state index contributed by atoms with van der Waals surface area (Å²) in [4.78, 5) is 24.9. The summed E-state index contributed by atoms with van der Waals surface area (Å²) in [6.45, 7) is 6.15. The number of benzene rings is 2. The van der Waals surface area contributed by atoms with Gasteiger partial charge in [-0.15, -0.1) is 0 Å². The Labute approximate surface area is 165 Å². The van der Waals surface area contributed by atoms with Gasteiger partial charge in [-0.1, -0.05) is 49.7 Å². The lowest BCUT2D eigenvalue weighted by Crippen LogP contribution is -2.50. The van der Waals surface area contributed by atoms with Crippen molar-refractivity contribution in [2.24, 2.45) is 0 Å². The van der Waals surface area contributed by atoms with E-state index in [1.54, 1.807) is 12.1 Å². The number of carbonyl (C=O) groups excluding carboxylic acids is 2. The van der Waals surface area contributed by atoms with Gasteiger partial charge in [-0.2, -0.15) is 0 Å². The first-order valence-corrected chi connectivity index (χ1v) is 9.55. The van der Waals surface area contributed by atoms with Gasteiger partial charge in [-0.05, 0) is 49.1 Å². The van der Waals surface area contributed by atoms with Crippen LogP contribution in [0.5, 0.6) is 0 Å². The van der Waals surface area contributed by atoms with E-state index in [-0.39, 0.29) is 24.3 Å². The third kappa shape index (κ3) is 6.37. The molecule has 0 saturated heterocycles. The molecular formula is C22H28FN3O2. The van der Waals surface area contributed by atoms with E-state index in [9.17, 15) is 14.0 Å². The number of aryl methyl sites for hydroxylation is 1. The van der Waals surface area contributed by atoms with Crippen LogP contribution in [-0.4, -0.2) is 18.0 Å². The average molecular weight is 385 g/mol. The minimum absolute atomic E-state index is 0.155. The molecule has 2 aromatic rings. The average Bonchev–Trinajstić information content (AvgIpc) is 2.67. The van der Waals surface area contributed by atoms with Crippen molar-refractivity contribution in [3.05, 3.63) is 71.0 Å². The van der Waals surface area contributed by atoms with Gasteiger partial charge in [0.25, 0.3) is 0 Å². The van der Waals surface area contributed by atoms with Crippen LogP contribution in [0.15, 0.2) is 48.5 Å². The lowest BCUT2D eigenvalue weighted by Gasteiger charge is -2.22. The van der Waals surface area contributed by atoms with E-state index >= 15 is 0 Å². The maximum absolute atomic E-state index is 12.9. The highest BCUT2D eigenvalue weighted by Gasteiger charge is 2.22. The monoisotopic (exact) mass is 385 g/mol. The maximum Gasteiger partial charge on any atom is 0.315 e. The van der Waals surface area contributed by atoms with Crippen LogP contribution in [0.1, 0.15) is 49.4 Å². The van der Waals surface area contributed by atoms with E-state index in [0.29, 0.717) is 6.42 Å². The Bertz CT molecular complexity index is 793. The largest absolute Gasteiger partial charge is 0.348 e. The standard InChI is InChI=1S/C22H28FN3O2/c1-4-7-20(21(27)25-16(3)19-9-6-5-8-15(19)2)26-22(28)24-14-17-10-12-18(23)13-11-17/h5-6,8-13,16,20H,4,7,14H2,1-3H3,(H,25,27)(H2,24,26,28)/t16-,20-/m0/s1. The van der Waals surface area contributed by atoms with Gasteiger partial charge in [0.1, 0.15) is 11.9 Å². The van der Waals surface area contributed by atoms with Gasteiger partial charge in [0.15, 0.2) is 0 Å². The fourth-order valence-electron chi connectivity index (χ4n) is 3.02.